The smallest absolute Gasteiger partial charge is 0.123 e. The Labute approximate surface area is 925 Å². The van der Waals surface area contributed by atoms with Crippen LogP contribution in [-0.4, -0.2) is 118 Å². The Morgan fingerprint density at radius 1 is 0.240 bits per heavy atom. The average Bonchev–Trinajstić information content (AvgIpc) is 0.804. The molecular formula is C122H154Ir3N6O3Si12-6. The van der Waals surface area contributed by atoms with Crippen molar-refractivity contribution in [1.29, 1.82) is 0 Å². The minimum Gasteiger partial charge on any atom is -0.476 e. The summed E-state index contributed by atoms with van der Waals surface area (Å²) in [6.45, 7) is 85.9. The van der Waals surface area contributed by atoms with Gasteiger partial charge in [0.1, 0.15) is 16.7 Å². The van der Waals surface area contributed by atoms with Crippen molar-refractivity contribution in [3.63, 3.8) is 0 Å². The molecule has 0 unspecified atom stereocenters. The van der Waals surface area contributed by atoms with Gasteiger partial charge in [-0.2, -0.15) is 0 Å². The van der Waals surface area contributed by atoms with Crippen LogP contribution in [0, 0.1) is 90.8 Å². The van der Waals surface area contributed by atoms with Crippen molar-refractivity contribution in [3.05, 3.63) is 343 Å². The molecule has 0 atom stereocenters. The fourth-order valence-electron chi connectivity index (χ4n) is 26.8. The van der Waals surface area contributed by atoms with Gasteiger partial charge < -0.3 is 43.2 Å². The number of nitrogens with zero attached hydrogens (tertiary/aromatic N) is 6. The molecule has 0 saturated heterocycles. The van der Waals surface area contributed by atoms with Crippen LogP contribution in [0.3, 0.4) is 0 Å². The third-order valence-corrected chi connectivity index (χ3v) is 243. The largest absolute Gasteiger partial charge is 0.476 e. The summed E-state index contributed by atoms with van der Waals surface area (Å²) in [5.74, 6) is 0.609. The maximum Gasteiger partial charge on any atom is 0.123 e. The molecule has 9 aromatic carbocycles. The first-order valence-electron chi connectivity index (χ1n) is 51.0. The third kappa shape index (κ3) is 25.6. The first-order chi connectivity index (χ1) is 66.8. The van der Waals surface area contributed by atoms with Gasteiger partial charge in [-0.25, -0.2) is 0 Å². The average molecular weight is 2670 g/mol. The van der Waals surface area contributed by atoms with Gasteiger partial charge in [-0.05, 0) is 137 Å². The summed E-state index contributed by atoms with van der Waals surface area (Å²) < 4.78 is 18.4. The minimum absolute atomic E-state index is 0. The van der Waals surface area contributed by atoms with Crippen LogP contribution in [-0.2, 0) is 66.7 Å². The van der Waals surface area contributed by atoms with Crippen LogP contribution in [0.25, 0.3) is 133 Å². The van der Waals surface area contributed by atoms with E-state index in [-0.39, 0.29) is 60.3 Å². The molecule has 0 amide bonds. The van der Waals surface area contributed by atoms with Gasteiger partial charge in [-0.15, -0.1) is 159 Å². The van der Waals surface area contributed by atoms with Gasteiger partial charge in [0.05, 0.1) is 36.6 Å². The molecule has 9 aromatic heterocycles. The predicted octanol–water partition coefficient (Wildman–Crippen LogP) is 33.1. The van der Waals surface area contributed by atoms with Crippen LogP contribution in [0.15, 0.2) is 275 Å². The first kappa shape index (κ1) is 120. The van der Waals surface area contributed by atoms with E-state index in [9.17, 15) is 0 Å². The number of benzene rings is 9. The second-order valence-corrected chi connectivity index (χ2v) is 170. The van der Waals surface area contributed by atoms with E-state index in [1.165, 1.54) is 38.9 Å². The molecule has 0 aliphatic heterocycles. The van der Waals surface area contributed by atoms with Crippen molar-refractivity contribution in [2.45, 2.75) is 246 Å². The molecule has 0 fully saturated rings. The van der Waals surface area contributed by atoms with E-state index in [1.54, 1.807) is 21.1 Å². The second kappa shape index (κ2) is 47.4. The van der Waals surface area contributed by atoms with Gasteiger partial charge in [-0.1, -0.05) is 376 Å². The van der Waals surface area contributed by atoms with Crippen molar-refractivity contribution >= 4 is 170 Å². The standard InChI is InChI=1S/C30H44NOSi4.C27H38NOSi4.C26H36NOSi4.3C13H12N.3Ir/c1-22(2)18-24-19-27(23-16-17-26-25-14-12-13-15-28(25)32-29(26)20-23)31-21-30(24)36(33(3,4)5,34(6,7)8)35(9,10)11;1-20-17-24(21-15-16-23-22-13-11-12-14-25(22)29-26(23)18-21)28-19-27(20)33(30(2,3)4,31(5,6)7)32(8,9)10;1-29(2,3)32(30(4,5)6,31(7,8)9)21-15-17-24(27-19-21)20-14-16-23-22-12-10-11-13-25(22)28-26(23)18-20;3*1-10-3-5-12(6-4-10)13-9-11(2)7-8-14-13;;;/h12-15,17,19-22H,18H2,1-11H3;11-14,16-19H,1-10H3;10-13,15-19H,1-9H3;3*3-5,7-9H,1-2H3;;;/q6*-1;;;. The van der Waals surface area contributed by atoms with Gasteiger partial charge in [0.25, 0.3) is 0 Å². The molecule has 0 bridgehead atoms. The normalized spacial score (nSPS) is 12.4. The maximum absolute atomic E-state index is 6.20. The fourth-order valence-corrected chi connectivity index (χ4v) is 328. The van der Waals surface area contributed by atoms with Gasteiger partial charge in [0.2, 0.25) is 0 Å². The molecule has 18 rings (SSSR count). The molecule has 18 aromatic rings. The fraction of sp³-hybridized carbons (Fsp3) is 0.311. The molecule has 0 spiro atoms. The summed E-state index contributed by atoms with van der Waals surface area (Å²) in [7, 11) is -13.0. The monoisotopic (exact) mass is 2670 g/mol. The zero-order chi connectivity index (χ0) is 105. The predicted molar refractivity (Wildman–Crippen MR) is 651 cm³/mol. The van der Waals surface area contributed by atoms with Crippen LogP contribution in [0.1, 0.15) is 58.4 Å². The molecule has 0 aliphatic carbocycles. The molecule has 0 N–H and O–H groups in total. The Hall–Kier alpha value is -8.17. The van der Waals surface area contributed by atoms with Crippen LogP contribution in [0.5, 0.6) is 0 Å². The molecular weight excluding hydrogens is 2510 g/mol. The Balaban J connectivity index is 0.000000186. The summed E-state index contributed by atoms with van der Waals surface area (Å²) >= 11 is 0. The van der Waals surface area contributed by atoms with E-state index in [1.807, 2.05) is 91.4 Å². The van der Waals surface area contributed by atoms with Crippen LogP contribution >= 0.6 is 0 Å². The van der Waals surface area contributed by atoms with Gasteiger partial charge in [0.15, 0.2) is 0 Å². The van der Waals surface area contributed by atoms with Crippen molar-refractivity contribution in [1.82, 2.24) is 29.9 Å². The van der Waals surface area contributed by atoms with E-state index in [0.29, 0.717) is 5.92 Å². The van der Waals surface area contributed by atoms with E-state index in [2.05, 4.69) is 461 Å². The number of aromatic nitrogens is 6. The van der Waals surface area contributed by atoms with Gasteiger partial charge in [-0.3, -0.25) is 0 Å². The number of hydrogen-bond acceptors (Lipinski definition) is 9. The summed E-state index contributed by atoms with van der Waals surface area (Å²) in [6, 6.07) is 97.4. The molecule has 3 radical (unpaired) electrons. The zero-order valence-corrected chi connectivity index (χ0v) is 113. The number of hydrogen-bond donors (Lipinski definition) is 0. The van der Waals surface area contributed by atoms with E-state index >= 15 is 0 Å². The van der Waals surface area contributed by atoms with E-state index in [0.717, 1.165) is 140 Å². The number of fused-ring (bicyclic) bond motifs is 9. The number of furan rings is 3. The Morgan fingerprint density at radius 2 is 0.521 bits per heavy atom. The van der Waals surface area contributed by atoms with Crippen molar-refractivity contribution < 1.29 is 73.6 Å². The number of pyridine rings is 6. The second-order valence-electron chi connectivity index (χ2n) is 49.3. The summed E-state index contributed by atoms with van der Waals surface area (Å²) in [5.41, 5.74) is 28.1. The molecule has 9 nitrogen and oxygen atoms in total. The SMILES string of the molecule is CC(C)Cc1cc(-c2[c-]cc3c(c2)oc2ccccc23)ncc1[Si]([Si](C)(C)C)([Si](C)(C)C)[Si](C)(C)C.C[Si](C)(C)[Si](c1ccc(-c2[c-]cc3c(c2)oc2ccccc23)nc1)([Si](C)(C)C)[Si](C)(C)C.Cc1c[c-]c(-c2cc(C)ccn2)cc1.Cc1c[c-]c(-c2cc(C)ccn2)cc1.Cc1c[c-]c(-c2cc(C)ccn2)cc1.Cc1cc(-c2[c-]cc3c(c2)oc2ccccc23)ncc1[Si]([Si](C)(C)C)([Si](C)(C)C)[Si](C)(C)C.[Ir].[Ir].[Ir]. The Morgan fingerprint density at radius 3 is 0.801 bits per heavy atom. The molecule has 146 heavy (non-hydrogen) atoms. The van der Waals surface area contributed by atoms with Crippen molar-refractivity contribution in [3.8, 4) is 67.5 Å². The third-order valence-electron chi connectivity index (χ3n) is 29.1. The number of para-hydroxylation sites is 3. The Kier molecular flexibility index (Phi) is 38.8. The summed E-state index contributed by atoms with van der Waals surface area (Å²) in [6.07, 6.45) is 13.5. The van der Waals surface area contributed by atoms with E-state index < -0.39 is 88.2 Å². The maximum atomic E-state index is 6.20. The van der Waals surface area contributed by atoms with Gasteiger partial charge in [0, 0.05) is 166 Å². The quantitative estimate of drug-likeness (QED) is 0.0543. The number of rotatable bonds is 20. The topological polar surface area (TPSA) is 117 Å². The van der Waals surface area contributed by atoms with E-state index in [4.69, 9.17) is 28.2 Å². The van der Waals surface area contributed by atoms with Crippen LogP contribution in [0.4, 0.5) is 0 Å². The van der Waals surface area contributed by atoms with Crippen molar-refractivity contribution in [2.75, 3.05) is 0 Å². The first-order valence-corrected chi connectivity index (χ1v) is 97.5. The summed E-state index contributed by atoms with van der Waals surface area (Å²) in [4.78, 5) is 28.3. The summed E-state index contributed by atoms with van der Waals surface area (Å²) in [5, 5.41) is 11.8. The minimum atomic E-state index is -1.75. The van der Waals surface area contributed by atoms with Crippen LogP contribution < -0.4 is 15.6 Å². The molecule has 9 heterocycles. The van der Waals surface area contributed by atoms with Crippen LogP contribution in [0.2, 0.25) is 177 Å². The van der Waals surface area contributed by atoms with Gasteiger partial charge >= 0.3 is 0 Å². The van der Waals surface area contributed by atoms with Crippen molar-refractivity contribution in [2.24, 2.45) is 5.92 Å². The molecule has 0 saturated carbocycles. The number of aryl methyl sites for hydroxylation is 7. The molecule has 24 heteroatoms. The Bertz CT molecular complexity index is 7200. The molecule has 771 valence electrons. The molecule has 0 aliphatic rings. The zero-order valence-electron chi connectivity index (χ0n) is 93.5.